The third kappa shape index (κ3) is 3.80. The molecule has 1 fully saturated rings. The van der Waals surface area contributed by atoms with Crippen LogP contribution in [0.2, 0.25) is 5.02 Å². The summed E-state index contributed by atoms with van der Waals surface area (Å²) < 4.78 is 5.22. The second-order valence-corrected chi connectivity index (χ2v) is 7.00. The predicted octanol–water partition coefficient (Wildman–Crippen LogP) is 4.59. The Morgan fingerprint density at radius 3 is 2.57 bits per heavy atom. The molecule has 1 N–H and O–H groups in total. The van der Waals surface area contributed by atoms with Crippen molar-refractivity contribution in [2.45, 2.75) is 6.92 Å². The topological polar surface area (TPSA) is 110 Å². The molecule has 3 rings (SSSR count). The minimum atomic E-state index is -0.640. The number of imide groups is 1. The van der Waals surface area contributed by atoms with Crippen molar-refractivity contribution in [3.05, 3.63) is 62.0 Å². The molecule has 0 saturated carbocycles. The van der Waals surface area contributed by atoms with Gasteiger partial charge in [-0.25, -0.2) is 4.90 Å². The second-order valence-electron chi connectivity index (χ2n) is 5.57. The van der Waals surface area contributed by atoms with Crippen LogP contribution < -0.4 is 9.64 Å². The first-order chi connectivity index (χ1) is 13.3. The number of anilines is 1. The minimum Gasteiger partial charge on any atom is -0.504 e. The van der Waals surface area contributed by atoms with E-state index in [0.717, 1.165) is 17.0 Å². The van der Waals surface area contributed by atoms with Gasteiger partial charge in [0.1, 0.15) is 0 Å². The number of carbonyl (C=O) groups is 2. The van der Waals surface area contributed by atoms with E-state index in [-0.39, 0.29) is 34.3 Å². The minimum absolute atomic E-state index is 0.000689. The molecule has 0 aromatic heterocycles. The van der Waals surface area contributed by atoms with Crippen LogP contribution in [0.5, 0.6) is 11.5 Å². The summed E-state index contributed by atoms with van der Waals surface area (Å²) in [5.41, 5.74) is 0.0252. The number of nitro benzene ring substituents is 1. The fourth-order valence-corrected chi connectivity index (χ4v) is 3.48. The highest BCUT2D eigenvalue weighted by molar-refractivity contribution is 8.19. The third-order valence-corrected chi connectivity index (χ3v) is 4.89. The van der Waals surface area contributed by atoms with Crippen LogP contribution >= 0.6 is 23.4 Å². The van der Waals surface area contributed by atoms with Gasteiger partial charge in [-0.05, 0) is 49.0 Å². The SMILES string of the molecule is CCOc1cc([N+](=O)[O-])cc(/C=C2\SC(=O)N(c3ccc(Cl)cc3)C2=O)c1O. The van der Waals surface area contributed by atoms with Gasteiger partial charge in [-0.1, -0.05) is 11.6 Å². The highest BCUT2D eigenvalue weighted by Crippen LogP contribution is 2.40. The summed E-state index contributed by atoms with van der Waals surface area (Å²) in [4.78, 5) is 36.5. The molecule has 144 valence electrons. The van der Waals surface area contributed by atoms with Crippen molar-refractivity contribution < 1.29 is 24.4 Å². The van der Waals surface area contributed by atoms with Crippen molar-refractivity contribution in [1.29, 1.82) is 0 Å². The zero-order valence-corrected chi connectivity index (χ0v) is 16.0. The molecule has 0 spiro atoms. The first kappa shape index (κ1) is 19.7. The Morgan fingerprint density at radius 1 is 1.29 bits per heavy atom. The largest absolute Gasteiger partial charge is 0.504 e. The van der Waals surface area contributed by atoms with Crippen LogP contribution in [-0.4, -0.2) is 27.8 Å². The summed E-state index contributed by atoms with van der Waals surface area (Å²) >= 11 is 6.49. The molecule has 0 aliphatic carbocycles. The molecular weight excluding hydrogens is 408 g/mol. The van der Waals surface area contributed by atoms with Gasteiger partial charge in [0.15, 0.2) is 11.5 Å². The quantitative estimate of drug-likeness (QED) is 0.427. The average Bonchev–Trinajstić information content (AvgIpc) is 2.92. The molecule has 2 aromatic rings. The standard InChI is InChI=1S/C18H13ClN2O6S/c1-2-27-14-9-13(21(25)26)7-10(16(14)22)8-15-17(23)20(18(24)28-15)12-5-3-11(19)4-6-12/h3-9,22H,2H2,1H3/b15-8-. The average molecular weight is 421 g/mol. The number of non-ortho nitro benzene ring substituents is 1. The predicted molar refractivity (Wildman–Crippen MR) is 106 cm³/mol. The molecule has 0 radical (unpaired) electrons. The van der Waals surface area contributed by atoms with Gasteiger partial charge in [0.05, 0.1) is 28.2 Å². The number of nitro groups is 1. The number of aromatic hydroxyl groups is 1. The number of phenols is 1. The number of nitrogens with zero attached hydrogens (tertiary/aromatic N) is 2. The maximum absolute atomic E-state index is 12.7. The van der Waals surface area contributed by atoms with Crippen LogP contribution in [0.15, 0.2) is 41.3 Å². The van der Waals surface area contributed by atoms with Crippen molar-refractivity contribution in [3.8, 4) is 11.5 Å². The molecule has 1 heterocycles. The highest BCUT2D eigenvalue weighted by atomic mass is 35.5. The number of hydrogen-bond donors (Lipinski definition) is 1. The molecule has 1 saturated heterocycles. The number of benzene rings is 2. The van der Waals surface area contributed by atoms with Gasteiger partial charge in [0.25, 0.3) is 16.8 Å². The van der Waals surface area contributed by atoms with Crippen LogP contribution in [0.1, 0.15) is 12.5 Å². The van der Waals surface area contributed by atoms with E-state index in [9.17, 15) is 24.8 Å². The van der Waals surface area contributed by atoms with Crippen molar-refractivity contribution in [1.82, 2.24) is 0 Å². The zero-order valence-electron chi connectivity index (χ0n) is 14.4. The molecule has 1 aliphatic rings. The lowest BCUT2D eigenvalue weighted by molar-refractivity contribution is -0.385. The molecule has 2 aromatic carbocycles. The third-order valence-electron chi connectivity index (χ3n) is 3.76. The number of amides is 2. The normalized spacial score (nSPS) is 15.4. The second kappa shape index (κ2) is 7.91. The van der Waals surface area contributed by atoms with Crippen LogP contribution in [0.3, 0.4) is 0 Å². The van der Waals surface area contributed by atoms with E-state index in [1.807, 2.05) is 0 Å². The van der Waals surface area contributed by atoms with Crippen molar-refractivity contribution in [3.63, 3.8) is 0 Å². The van der Waals surface area contributed by atoms with E-state index < -0.39 is 16.1 Å². The van der Waals surface area contributed by atoms with Gasteiger partial charge in [0.2, 0.25) is 0 Å². The van der Waals surface area contributed by atoms with E-state index in [0.29, 0.717) is 22.5 Å². The molecule has 28 heavy (non-hydrogen) atoms. The lowest BCUT2D eigenvalue weighted by atomic mass is 10.1. The molecule has 8 nitrogen and oxygen atoms in total. The number of halogens is 1. The number of hydrogen-bond acceptors (Lipinski definition) is 7. The molecule has 0 bridgehead atoms. The summed E-state index contributed by atoms with van der Waals surface area (Å²) in [5.74, 6) is -1.05. The smallest absolute Gasteiger partial charge is 0.298 e. The number of ether oxygens (including phenoxy) is 1. The Labute approximate surface area is 168 Å². The van der Waals surface area contributed by atoms with Gasteiger partial charge in [0, 0.05) is 16.7 Å². The number of rotatable bonds is 5. The Bertz CT molecular complexity index is 1010. The monoisotopic (exact) mass is 420 g/mol. The fourth-order valence-electron chi connectivity index (χ4n) is 2.52. The summed E-state index contributed by atoms with van der Waals surface area (Å²) in [5, 5.41) is 21.4. The van der Waals surface area contributed by atoms with Gasteiger partial charge >= 0.3 is 0 Å². The van der Waals surface area contributed by atoms with Crippen molar-refractivity contribution in [2.24, 2.45) is 0 Å². The summed E-state index contributed by atoms with van der Waals surface area (Å²) in [6.45, 7) is 1.84. The Kier molecular flexibility index (Phi) is 5.57. The molecule has 1 aliphatic heterocycles. The van der Waals surface area contributed by atoms with E-state index in [2.05, 4.69) is 0 Å². The first-order valence-electron chi connectivity index (χ1n) is 7.99. The number of phenolic OH excluding ortho intramolecular Hbond substituents is 1. The molecular formula is C18H13ClN2O6S. The van der Waals surface area contributed by atoms with E-state index >= 15 is 0 Å². The van der Waals surface area contributed by atoms with Gasteiger partial charge in [-0.2, -0.15) is 0 Å². The van der Waals surface area contributed by atoms with Gasteiger partial charge < -0.3 is 9.84 Å². The maximum Gasteiger partial charge on any atom is 0.298 e. The lowest BCUT2D eigenvalue weighted by Crippen LogP contribution is -2.27. The van der Waals surface area contributed by atoms with Crippen LogP contribution in [0, 0.1) is 10.1 Å². The summed E-state index contributed by atoms with van der Waals surface area (Å²) in [7, 11) is 0. The Hall–Kier alpha value is -3.04. The van der Waals surface area contributed by atoms with Gasteiger partial charge in [-0.15, -0.1) is 0 Å². The van der Waals surface area contributed by atoms with E-state index in [1.54, 1.807) is 19.1 Å². The molecule has 2 amide bonds. The first-order valence-corrected chi connectivity index (χ1v) is 9.19. The van der Waals surface area contributed by atoms with Crippen LogP contribution in [-0.2, 0) is 4.79 Å². The zero-order chi connectivity index (χ0) is 20.4. The Balaban J connectivity index is 2.02. The molecule has 0 unspecified atom stereocenters. The molecule has 10 heteroatoms. The summed E-state index contributed by atoms with van der Waals surface area (Å²) in [6, 6.07) is 8.35. The lowest BCUT2D eigenvalue weighted by Gasteiger charge is -2.12. The van der Waals surface area contributed by atoms with Crippen molar-refractivity contribution >= 4 is 52.0 Å². The van der Waals surface area contributed by atoms with Crippen LogP contribution in [0.4, 0.5) is 16.2 Å². The number of thioether (sulfide) groups is 1. The van der Waals surface area contributed by atoms with Gasteiger partial charge in [-0.3, -0.25) is 19.7 Å². The number of carbonyl (C=O) groups excluding carboxylic acids is 2. The summed E-state index contributed by atoms with van der Waals surface area (Å²) in [6.07, 6.45) is 1.23. The van der Waals surface area contributed by atoms with Crippen LogP contribution in [0.25, 0.3) is 6.08 Å². The van der Waals surface area contributed by atoms with E-state index in [1.165, 1.54) is 18.2 Å². The highest BCUT2D eigenvalue weighted by Gasteiger charge is 2.36. The Morgan fingerprint density at radius 2 is 1.96 bits per heavy atom. The maximum atomic E-state index is 12.7. The fraction of sp³-hybridized carbons (Fsp3) is 0.111. The van der Waals surface area contributed by atoms with E-state index in [4.69, 9.17) is 16.3 Å². The molecule has 0 atom stereocenters. The van der Waals surface area contributed by atoms with Crippen molar-refractivity contribution in [2.75, 3.05) is 11.5 Å².